The summed E-state index contributed by atoms with van der Waals surface area (Å²) in [5.74, 6) is 0.501. The molecule has 0 saturated heterocycles. The molecule has 0 aliphatic carbocycles. The van der Waals surface area contributed by atoms with E-state index in [0.717, 1.165) is 25.5 Å². The maximum atomic E-state index is 13.6. The number of rotatable bonds is 6. The van der Waals surface area contributed by atoms with Crippen LogP contribution in [0.25, 0.3) is 0 Å². The summed E-state index contributed by atoms with van der Waals surface area (Å²) in [6.45, 7) is 6.26. The molecule has 5 heteroatoms. The lowest BCUT2D eigenvalue weighted by molar-refractivity contribution is 0.607. The molecular weight excluding hydrogens is 265 g/mol. The minimum absolute atomic E-state index is 0.259. The molecular formula is C14H21ClFN3. The highest BCUT2D eigenvalue weighted by Crippen LogP contribution is 2.18. The molecule has 0 aliphatic rings. The molecule has 0 heterocycles. The Labute approximate surface area is 119 Å². The van der Waals surface area contributed by atoms with Gasteiger partial charge in [-0.25, -0.2) is 4.39 Å². The van der Waals surface area contributed by atoms with Gasteiger partial charge in [-0.05, 0) is 31.9 Å². The van der Waals surface area contributed by atoms with Crippen LogP contribution in [0.2, 0.25) is 5.02 Å². The first-order valence-corrected chi connectivity index (χ1v) is 7.01. The SMILES string of the molecule is CCCN=C(NCC)NCCc1c(F)cccc1Cl. The first-order valence-electron chi connectivity index (χ1n) is 6.64. The lowest BCUT2D eigenvalue weighted by Gasteiger charge is -2.12. The second kappa shape index (κ2) is 8.75. The van der Waals surface area contributed by atoms with Gasteiger partial charge in [-0.1, -0.05) is 24.6 Å². The Hall–Kier alpha value is -1.29. The molecule has 0 spiro atoms. The van der Waals surface area contributed by atoms with E-state index in [1.54, 1.807) is 12.1 Å². The highest BCUT2D eigenvalue weighted by Gasteiger charge is 2.06. The summed E-state index contributed by atoms with van der Waals surface area (Å²) >= 11 is 5.98. The monoisotopic (exact) mass is 285 g/mol. The maximum Gasteiger partial charge on any atom is 0.191 e. The number of hydrogen-bond donors (Lipinski definition) is 2. The van der Waals surface area contributed by atoms with Gasteiger partial charge < -0.3 is 10.6 Å². The van der Waals surface area contributed by atoms with Crippen LogP contribution < -0.4 is 10.6 Å². The van der Waals surface area contributed by atoms with Crippen LogP contribution in [0.15, 0.2) is 23.2 Å². The van der Waals surface area contributed by atoms with Crippen LogP contribution in [0.3, 0.4) is 0 Å². The summed E-state index contributed by atoms with van der Waals surface area (Å²) in [5.41, 5.74) is 0.544. The van der Waals surface area contributed by atoms with Crippen molar-refractivity contribution in [1.82, 2.24) is 10.6 Å². The first-order chi connectivity index (χ1) is 9.19. The van der Waals surface area contributed by atoms with Crippen LogP contribution in [-0.4, -0.2) is 25.6 Å². The average Bonchev–Trinajstić information content (AvgIpc) is 2.39. The Bertz CT molecular complexity index is 401. The van der Waals surface area contributed by atoms with Crippen LogP contribution in [0.5, 0.6) is 0 Å². The van der Waals surface area contributed by atoms with Gasteiger partial charge in [0.25, 0.3) is 0 Å². The highest BCUT2D eigenvalue weighted by atomic mass is 35.5. The zero-order valence-electron chi connectivity index (χ0n) is 11.5. The van der Waals surface area contributed by atoms with Crippen molar-refractivity contribution in [2.75, 3.05) is 19.6 Å². The molecule has 3 nitrogen and oxygen atoms in total. The van der Waals surface area contributed by atoms with E-state index in [9.17, 15) is 4.39 Å². The molecule has 0 atom stereocenters. The molecule has 1 rings (SSSR count). The fraction of sp³-hybridized carbons (Fsp3) is 0.500. The number of nitrogens with zero attached hydrogens (tertiary/aromatic N) is 1. The lowest BCUT2D eigenvalue weighted by Crippen LogP contribution is -2.38. The van der Waals surface area contributed by atoms with Crippen LogP contribution in [0.4, 0.5) is 4.39 Å². The van der Waals surface area contributed by atoms with E-state index in [1.807, 2.05) is 6.92 Å². The molecule has 0 aromatic heterocycles. The summed E-state index contributed by atoms with van der Waals surface area (Å²) in [6.07, 6.45) is 1.53. The molecule has 0 unspecified atom stereocenters. The number of hydrogen-bond acceptors (Lipinski definition) is 1. The molecule has 0 fully saturated rings. The third-order valence-corrected chi connectivity index (χ3v) is 2.92. The third kappa shape index (κ3) is 5.47. The van der Waals surface area contributed by atoms with Crippen molar-refractivity contribution >= 4 is 17.6 Å². The number of nitrogens with one attached hydrogen (secondary N) is 2. The first kappa shape index (κ1) is 15.8. The Morgan fingerprint density at radius 3 is 2.74 bits per heavy atom. The molecule has 106 valence electrons. The predicted octanol–water partition coefficient (Wildman–Crippen LogP) is 2.99. The quantitative estimate of drug-likeness (QED) is 0.623. The number of guanidine groups is 1. The molecule has 1 aromatic carbocycles. The molecule has 0 aliphatic heterocycles. The van der Waals surface area contributed by atoms with Gasteiger partial charge in [-0.2, -0.15) is 0 Å². The average molecular weight is 286 g/mol. The summed E-state index contributed by atoms with van der Waals surface area (Å²) in [7, 11) is 0. The minimum Gasteiger partial charge on any atom is -0.357 e. The second-order valence-electron chi connectivity index (χ2n) is 4.14. The summed E-state index contributed by atoms with van der Waals surface area (Å²) in [6, 6.07) is 4.75. The van der Waals surface area contributed by atoms with Gasteiger partial charge in [0.1, 0.15) is 5.82 Å². The smallest absolute Gasteiger partial charge is 0.191 e. The van der Waals surface area contributed by atoms with Gasteiger partial charge >= 0.3 is 0 Å². The van der Waals surface area contributed by atoms with Crippen molar-refractivity contribution in [2.45, 2.75) is 26.7 Å². The predicted molar refractivity (Wildman–Crippen MR) is 79.4 cm³/mol. The number of benzene rings is 1. The molecule has 0 amide bonds. The molecule has 0 saturated carbocycles. The van der Waals surface area contributed by atoms with Crippen molar-refractivity contribution in [1.29, 1.82) is 0 Å². The molecule has 19 heavy (non-hydrogen) atoms. The standard InChI is InChI=1S/C14H21ClFN3/c1-3-9-18-14(17-4-2)19-10-8-11-12(15)6-5-7-13(11)16/h5-7H,3-4,8-10H2,1-2H3,(H2,17,18,19). The van der Waals surface area contributed by atoms with Gasteiger partial charge in [0.05, 0.1) is 0 Å². The highest BCUT2D eigenvalue weighted by molar-refractivity contribution is 6.31. The van der Waals surface area contributed by atoms with Crippen molar-refractivity contribution < 1.29 is 4.39 Å². The zero-order valence-corrected chi connectivity index (χ0v) is 12.2. The number of halogens is 2. The Morgan fingerprint density at radius 1 is 1.32 bits per heavy atom. The van der Waals surface area contributed by atoms with E-state index < -0.39 is 0 Å². The van der Waals surface area contributed by atoms with Crippen molar-refractivity contribution in [3.8, 4) is 0 Å². The molecule has 1 aromatic rings. The summed E-state index contributed by atoms with van der Waals surface area (Å²) < 4.78 is 13.6. The maximum absolute atomic E-state index is 13.6. The van der Waals surface area contributed by atoms with Crippen molar-refractivity contribution in [2.24, 2.45) is 4.99 Å². The van der Waals surface area contributed by atoms with Crippen molar-refractivity contribution in [3.05, 3.63) is 34.6 Å². The van der Waals surface area contributed by atoms with E-state index in [2.05, 4.69) is 22.5 Å². The van der Waals surface area contributed by atoms with Gasteiger partial charge in [-0.3, -0.25) is 4.99 Å². The molecule has 0 bridgehead atoms. The fourth-order valence-corrected chi connectivity index (χ4v) is 1.90. The van der Waals surface area contributed by atoms with E-state index in [0.29, 0.717) is 23.6 Å². The second-order valence-corrected chi connectivity index (χ2v) is 4.54. The minimum atomic E-state index is -0.259. The molecule has 0 radical (unpaired) electrons. The van der Waals surface area contributed by atoms with Crippen LogP contribution in [0, 0.1) is 5.82 Å². The largest absolute Gasteiger partial charge is 0.357 e. The third-order valence-electron chi connectivity index (χ3n) is 2.57. The van der Waals surface area contributed by atoms with E-state index in [-0.39, 0.29) is 5.82 Å². The zero-order chi connectivity index (χ0) is 14.1. The van der Waals surface area contributed by atoms with Gasteiger partial charge in [0, 0.05) is 30.2 Å². The lowest BCUT2D eigenvalue weighted by atomic mass is 10.1. The van der Waals surface area contributed by atoms with E-state index in [1.165, 1.54) is 6.07 Å². The van der Waals surface area contributed by atoms with E-state index in [4.69, 9.17) is 11.6 Å². The van der Waals surface area contributed by atoms with Crippen LogP contribution in [-0.2, 0) is 6.42 Å². The van der Waals surface area contributed by atoms with Crippen molar-refractivity contribution in [3.63, 3.8) is 0 Å². The van der Waals surface area contributed by atoms with Crippen LogP contribution in [0.1, 0.15) is 25.8 Å². The Morgan fingerprint density at radius 2 is 2.11 bits per heavy atom. The summed E-state index contributed by atoms with van der Waals surface area (Å²) in [4.78, 5) is 4.38. The normalized spacial score (nSPS) is 11.5. The van der Waals surface area contributed by atoms with Gasteiger partial charge in [0.2, 0.25) is 0 Å². The summed E-state index contributed by atoms with van der Waals surface area (Å²) in [5, 5.41) is 6.79. The Balaban J connectivity index is 2.52. The number of aliphatic imine (C=N–C) groups is 1. The Kier molecular flexibility index (Phi) is 7.26. The van der Waals surface area contributed by atoms with E-state index >= 15 is 0 Å². The molecule has 2 N–H and O–H groups in total. The topological polar surface area (TPSA) is 36.4 Å². The fourth-order valence-electron chi connectivity index (χ4n) is 1.64. The van der Waals surface area contributed by atoms with Gasteiger partial charge in [0.15, 0.2) is 5.96 Å². The van der Waals surface area contributed by atoms with Gasteiger partial charge in [-0.15, -0.1) is 0 Å². The van der Waals surface area contributed by atoms with Crippen LogP contribution >= 0.6 is 11.6 Å².